The first-order valence-electron chi connectivity index (χ1n) is 3.97. The Morgan fingerprint density at radius 1 is 1.77 bits per heavy atom. The van der Waals surface area contributed by atoms with E-state index in [1.807, 2.05) is 19.1 Å². The monoisotopic (exact) mass is 239 g/mol. The van der Waals surface area contributed by atoms with Crippen molar-refractivity contribution >= 4 is 21.6 Å². The summed E-state index contributed by atoms with van der Waals surface area (Å²) in [6.45, 7) is 1.97. The van der Waals surface area contributed by atoms with Crippen LogP contribution in [0.15, 0.2) is 22.9 Å². The van der Waals surface area contributed by atoms with Gasteiger partial charge in [-0.2, -0.15) is 5.26 Å². The standard InChI is InChI=1S/C9H10BrN3/c1-7(2-4-11)13-8-3-5-12-9(10)6-8/h3,5-7H,2H2,1H3,(H,12,13). The lowest BCUT2D eigenvalue weighted by Gasteiger charge is -2.11. The minimum Gasteiger partial charge on any atom is -0.381 e. The van der Waals surface area contributed by atoms with E-state index in [9.17, 15) is 0 Å². The molecule has 0 fully saturated rings. The molecule has 0 radical (unpaired) electrons. The van der Waals surface area contributed by atoms with Gasteiger partial charge in [0, 0.05) is 17.9 Å². The van der Waals surface area contributed by atoms with Crippen LogP contribution in [-0.4, -0.2) is 11.0 Å². The lowest BCUT2D eigenvalue weighted by atomic mass is 10.2. The topological polar surface area (TPSA) is 48.7 Å². The van der Waals surface area contributed by atoms with E-state index in [0.29, 0.717) is 6.42 Å². The fourth-order valence-corrected chi connectivity index (χ4v) is 1.33. The van der Waals surface area contributed by atoms with Crippen LogP contribution >= 0.6 is 15.9 Å². The number of nitrogens with zero attached hydrogens (tertiary/aromatic N) is 2. The Kier molecular flexibility index (Phi) is 3.71. The third-order valence-corrected chi connectivity index (χ3v) is 1.97. The maximum absolute atomic E-state index is 8.46. The summed E-state index contributed by atoms with van der Waals surface area (Å²) in [4.78, 5) is 4.00. The van der Waals surface area contributed by atoms with Gasteiger partial charge in [0.1, 0.15) is 4.60 Å². The molecule has 0 aliphatic heterocycles. The molecule has 0 amide bonds. The number of hydrogen-bond donors (Lipinski definition) is 1. The highest BCUT2D eigenvalue weighted by Gasteiger charge is 2.00. The molecule has 0 bridgehead atoms. The zero-order chi connectivity index (χ0) is 9.68. The molecule has 1 rings (SSSR count). The number of hydrogen-bond acceptors (Lipinski definition) is 3. The second-order valence-electron chi connectivity index (χ2n) is 2.77. The van der Waals surface area contributed by atoms with Gasteiger partial charge in [-0.25, -0.2) is 4.98 Å². The number of nitriles is 1. The van der Waals surface area contributed by atoms with Gasteiger partial charge in [0.15, 0.2) is 0 Å². The summed E-state index contributed by atoms with van der Waals surface area (Å²) in [5.41, 5.74) is 0.977. The zero-order valence-electron chi connectivity index (χ0n) is 7.29. The fourth-order valence-electron chi connectivity index (χ4n) is 0.965. The smallest absolute Gasteiger partial charge is 0.108 e. The van der Waals surface area contributed by atoms with Crippen LogP contribution in [0.3, 0.4) is 0 Å². The minimum absolute atomic E-state index is 0.166. The number of anilines is 1. The van der Waals surface area contributed by atoms with Gasteiger partial charge in [-0.15, -0.1) is 0 Å². The fraction of sp³-hybridized carbons (Fsp3) is 0.333. The van der Waals surface area contributed by atoms with Crippen molar-refractivity contribution in [2.75, 3.05) is 5.32 Å². The van der Waals surface area contributed by atoms with Crippen molar-refractivity contribution in [1.82, 2.24) is 4.98 Å². The summed E-state index contributed by atoms with van der Waals surface area (Å²) in [5.74, 6) is 0. The molecule has 68 valence electrons. The Hall–Kier alpha value is -1.08. The van der Waals surface area contributed by atoms with Crippen LogP contribution in [-0.2, 0) is 0 Å². The summed E-state index contributed by atoms with van der Waals surface area (Å²) in [5, 5.41) is 11.6. The first-order chi connectivity index (χ1) is 6.22. The summed E-state index contributed by atoms with van der Waals surface area (Å²) < 4.78 is 0.793. The molecule has 4 heteroatoms. The van der Waals surface area contributed by atoms with E-state index in [1.165, 1.54) is 0 Å². The molecular formula is C9H10BrN3. The summed E-state index contributed by atoms with van der Waals surface area (Å²) >= 11 is 3.27. The highest BCUT2D eigenvalue weighted by Crippen LogP contribution is 2.13. The third-order valence-electron chi connectivity index (χ3n) is 1.54. The van der Waals surface area contributed by atoms with Gasteiger partial charge in [0.05, 0.1) is 12.5 Å². The van der Waals surface area contributed by atoms with E-state index in [-0.39, 0.29) is 6.04 Å². The van der Waals surface area contributed by atoms with Gasteiger partial charge in [-0.1, -0.05) is 0 Å². The lowest BCUT2D eigenvalue weighted by molar-refractivity contribution is 0.820. The van der Waals surface area contributed by atoms with Crippen molar-refractivity contribution < 1.29 is 0 Å². The molecule has 0 aromatic carbocycles. The summed E-state index contributed by atoms with van der Waals surface area (Å²) in [6, 6.07) is 6.03. The first kappa shape index (κ1) is 10.0. The van der Waals surface area contributed by atoms with Crippen molar-refractivity contribution in [3.05, 3.63) is 22.9 Å². The number of nitrogens with one attached hydrogen (secondary N) is 1. The predicted molar refractivity (Wildman–Crippen MR) is 55.3 cm³/mol. The van der Waals surface area contributed by atoms with Crippen molar-refractivity contribution in [2.24, 2.45) is 0 Å². The van der Waals surface area contributed by atoms with E-state index >= 15 is 0 Å². The molecule has 0 spiro atoms. The SMILES string of the molecule is CC(CC#N)Nc1ccnc(Br)c1. The molecule has 0 aliphatic rings. The molecule has 0 saturated heterocycles. The molecule has 1 atom stereocenters. The molecule has 13 heavy (non-hydrogen) atoms. The molecule has 1 N–H and O–H groups in total. The number of pyridine rings is 1. The van der Waals surface area contributed by atoms with Gasteiger partial charge in [0.2, 0.25) is 0 Å². The Morgan fingerprint density at radius 3 is 3.15 bits per heavy atom. The van der Waals surface area contributed by atoms with Crippen LogP contribution in [0, 0.1) is 11.3 Å². The molecule has 0 saturated carbocycles. The Balaban J connectivity index is 2.59. The van der Waals surface area contributed by atoms with Gasteiger partial charge >= 0.3 is 0 Å². The van der Waals surface area contributed by atoms with Crippen molar-refractivity contribution in [1.29, 1.82) is 5.26 Å². The number of halogens is 1. The van der Waals surface area contributed by atoms with Crippen molar-refractivity contribution in [3.8, 4) is 6.07 Å². The average Bonchev–Trinajstić information content (AvgIpc) is 2.04. The van der Waals surface area contributed by atoms with Crippen molar-refractivity contribution in [3.63, 3.8) is 0 Å². The Bertz CT molecular complexity index is 319. The number of rotatable bonds is 3. The molecule has 1 heterocycles. The minimum atomic E-state index is 0.166. The van der Waals surface area contributed by atoms with Gasteiger partial charge in [-0.05, 0) is 35.0 Å². The largest absolute Gasteiger partial charge is 0.381 e. The Labute approximate surface area is 85.9 Å². The van der Waals surface area contributed by atoms with Crippen LogP contribution in [0.1, 0.15) is 13.3 Å². The molecule has 1 aromatic rings. The second-order valence-corrected chi connectivity index (χ2v) is 3.59. The average molecular weight is 240 g/mol. The van der Waals surface area contributed by atoms with Gasteiger partial charge < -0.3 is 5.32 Å². The zero-order valence-corrected chi connectivity index (χ0v) is 8.87. The third kappa shape index (κ3) is 3.43. The molecule has 1 aromatic heterocycles. The molecule has 0 aliphatic carbocycles. The Morgan fingerprint density at radius 2 is 2.54 bits per heavy atom. The number of aromatic nitrogens is 1. The van der Waals surface area contributed by atoms with Gasteiger partial charge in [0.25, 0.3) is 0 Å². The highest BCUT2D eigenvalue weighted by molar-refractivity contribution is 9.10. The van der Waals surface area contributed by atoms with E-state index in [1.54, 1.807) is 6.20 Å². The van der Waals surface area contributed by atoms with Gasteiger partial charge in [-0.3, -0.25) is 0 Å². The lowest BCUT2D eigenvalue weighted by Crippen LogP contribution is -2.13. The molecular weight excluding hydrogens is 230 g/mol. The van der Waals surface area contributed by atoms with E-state index in [0.717, 1.165) is 10.3 Å². The predicted octanol–water partition coefficient (Wildman–Crippen LogP) is 2.56. The molecule has 1 unspecified atom stereocenters. The van der Waals surface area contributed by atoms with Crippen LogP contribution in [0.2, 0.25) is 0 Å². The normalized spacial score (nSPS) is 11.8. The highest BCUT2D eigenvalue weighted by atomic mass is 79.9. The summed E-state index contributed by atoms with van der Waals surface area (Å²) in [6.07, 6.45) is 2.21. The van der Waals surface area contributed by atoms with E-state index in [4.69, 9.17) is 5.26 Å². The quantitative estimate of drug-likeness (QED) is 0.826. The first-order valence-corrected chi connectivity index (χ1v) is 4.76. The van der Waals surface area contributed by atoms with Crippen LogP contribution in [0.5, 0.6) is 0 Å². The van der Waals surface area contributed by atoms with Crippen LogP contribution < -0.4 is 5.32 Å². The second kappa shape index (κ2) is 4.83. The molecule has 3 nitrogen and oxygen atoms in total. The van der Waals surface area contributed by atoms with E-state index < -0.39 is 0 Å². The van der Waals surface area contributed by atoms with Crippen LogP contribution in [0.25, 0.3) is 0 Å². The van der Waals surface area contributed by atoms with Crippen LogP contribution in [0.4, 0.5) is 5.69 Å². The van der Waals surface area contributed by atoms with Crippen molar-refractivity contribution in [2.45, 2.75) is 19.4 Å². The summed E-state index contributed by atoms with van der Waals surface area (Å²) in [7, 11) is 0. The maximum Gasteiger partial charge on any atom is 0.108 e. The van der Waals surface area contributed by atoms with E-state index in [2.05, 4.69) is 32.3 Å². The maximum atomic E-state index is 8.46.